The van der Waals surface area contributed by atoms with Crippen molar-refractivity contribution in [1.29, 1.82) is 0 Å². The van der Waals surface area contributed by atoms with Crippen LogP contribution in [0.1, 0.15) is 17.5 Å². The third kappa shape index (κ3) is 3.56. The average molecular weight is 389 g/mol. The van der Waals surface area contributed by atoms with E-state index in [9.17, 15) is 4.79 Å². The summed E-state index contributed by atoms with van der Waals surface area (Å²) < 4.78 is 5.38. The number of benzene rings is 1. The fourth-order valence-electron chi connectivity index (χ4n) is 2.40. The average Bonchev–Trinajstić information content (AvgIpc) is 3.16. The Balaban J connectivity index is 1.93. The lowest BCUT2D eigenvalue weighted by Crippen LogP contribution is -2.22. The van der Waals surface area contributed by atoms with Gasteiger partial charge in [0, 0.05) is 18.8 Å². The summed E-state index contributed by atoms with van der Waals surface area (Å²) in [5, 5.41) is 4.79. The molecule has 0 spiro atoms. The molecule has 0 saturated heterocycles. The Morgan fingerprint density at radius 3 is 2.62 bits per heavy atom. The highest BCUT2D eigenvalue weighted by Crippen LogP contribution is 2.39. The van der Waals surface area contributed by atoms with Crippen LogP contribution < -0.4 is 15.0 Å². The van der Waals surface area contributed by atoms with Crippen molar-refractivity contribution in [2.45, 2.75) is 20.8 Å². The first kappa shape index (κ1) is 18.3. The maximum Gasteiger partial charge on any atom is 0.225 e. The summed E-state index contributed by atoms with van der Waals surface area (Å²) in [6, 6.07) is 7.73. The molecule has 0 aliphatic heterocycles. The van der Waals surface area contributed by atoms with Crippen molar-refractivity contribution in [1.82, 2.24) is 9.97 Å². The van der Waals surface area contributed by atoms with E-state index in [0.717, 1.165) is 37.7 Å². The number of ether oxygens (including phenoxy) is 1. The van der Waals surface area contributed by atoms with E-state index in [1.54, 1.807) is 30.4 Å². The Hall–Kier alpha value is -2.45. The molecule has 3 rings (SSSR count). The molecular formula is C18H20N4O2S2. The van der Waals surface area contributed by atoms with Gasteiger partial charge in [0.1, 0.15) is 5.75 Å². The van der Waals surface area contributed by atoms with E-state index in [1.807, 2.05) is 38.1 Å². The van der Waals surface area contributed by atoms with Crippen molar-refractivity contribution in [2.75, 3.05) is 24.4 Å². The summed E-state index contributed by atoms with van der Waals surface area (Å²) in [4.78, 5) is 24.5. The van der Waals surface area contributed by atoms with Crippen molar-refractivity contribution in [3.63, 3.8) is 0 Å². The van der Waals surface area contributed by atoms with E-state index < -0.39 is 0 Å². The van der Waals surface area contributed by atoms with E-state index in [0.29, 0.717) is 5.13 Å². The number of hydrogen-bond acceptors (Lipinski definition) is 7. The maximum atomic E-state index is 11.6. The smallest absolute Gasteiger partial charge is 0.225 e. The minimum absolute atomic E-state index is 0.0428. The van der Waals surface area contributed by atoms with Crippen LogP contribution in [0.3, 0.4) is 0 Å². The molecule has 0 unspecified atom stereocenters. The molecule has 1 N–H and O–H groups in total. The Labute approximate surface area is 160 Å². The third-order valence-corrected chi connectivity index (χ3v) is 6.03. The van der Waals surface area contributed by atoms with Crippen molar-refractivity contribution in [3.05, 3.63) is 34.8 Å². The fraction of sp³-hybridized carbons (Fsp3) is 0.278. The van der Waals surface area contributed by atoms with Gasteiger partial charge in [-0.1, -0.05) is 23.5 Å². The van der Waals surface area contributed by atoms with Crippen molar-refractivity contribution < 1.29 is 9.53 Å². The van der Waals surface area contributed by atoms with Gasteiger partial charge in [0.15, 0.2) is 10.3 Å². The lowest BCUT2D eigenvalue weighted by molar-refractivity contribution is -0.116. The molecule has 3 aromatic rings. The first-order valence-corrected chi connectivity index (χ1v) is 9.63. The first-order chi connectivity index (χ1) is 12.4. The van der Waals surface area contributed by atoms with Gasteiger partial charge in [0.05, 0.1) is 29.1 Å². The van der Waals surface area contributed by atoms with Crippen LogP contribution in [-0.2, 0) is 4.79 Å². The molecule has 1 aromatic carbocycles. The standard InChI is InChI=1S/C18H20N4O2S2/c1-10-16(26-18(19-10)22(4)12(3)23)15-11(2)25-17(21-15)20-13-8-6-7-9-14(13)24-5/h6-9H,1-5H3,(H,20,21). The van der Waals surface area contributed by atoms with E-state index in [2.05, 4.69) is 10.3 Å². The predicted molar refractivity (Wildman–Crippen MR) is 108 cm³/mol. The lowest BCUT2D eigenvalue weighted by Gasteiger charge is -2.09. The van der Waals surface area contributed by atoms with Gasteiger partial charge in [0.2, 0.25) is 5.91 Å². The van der Waals surface area contributed by atoms with Gasteiger partial charge < -0.3 is 10.1 Å². The zero-order valence-corrected chi connectivity index (χ0v) is 16.9. The first-order valence-electron chi connectivity index (χ1n) is 8.00. The summed E-state index contributed by atoms with van der Waals surface area (Å²) in [6.45, 7) is 5.50. The highest BCUT2D eigenvalue weighted by atomic mass is 32.1. The molecule has 26 heavy (non-hydrogen) atoms. The number of thiazole rings is 2. The summed E-state index contributed by atoms with van der Waals surface area (Å²) in [5.41, 5.74) is 2.63. The number of methoxy groups -OCH3 is 1. The zero-order valence-electron chi connectivity index (χ0n) is 15.3. The molecular weight excluding hydrogens is 368 g/mol. The number of para-hydroxylation sites is 2. The van der Waals surface area contributed by atoms with Crippen LogP contribution in [0.4, 0.5) is 16.0 Å². The van der Waals surface area contributed by atoms with Gasteiger partial charge in [-0.15, -0.1) is 11.3 Å². The maximum absolute atomic E-state index is 11.6. The van der Waals surface area contributed by atoms with Crippen LogP contribution >= 0.6 is 22.7 Å². The molecule has 0 radical (unpaired) electrons. The highest BCUT2D eigenvalue weighted by Gasteiger charge is 2.19. The monoisotopic (exact) mass is 388 g/mol. The summed E-state index contributed by atoms with van der Waals surface area (Å²) in [7, 11) is 3.37. The van der Waals surface area contributed by atoms with Crippen LogP contribution in [0, 0.1) is 13.8 Å². The summed E-state index contributed by atoms with van der Waals surface area (Å²) in [5.74, 6) is 0.722. The normalized spacial score (nSPS) is 10.7. The number of nitrogens with zero attached hydrogens (tertiary/aromatic N) is 3. The topological polar surface area (TPSA) is 67.3 Å². The largest absolute Gasteiger partial charge is 0.495 e. The van der Waals surface area contributed by atoms with E-state index >= 15 is 0 Å². The van der Waals surface area contributed by atoms with Gasteiger partial charge in [0.25, 0.3) is 0 Å². The van der Waals surface area contributed by atoms with Crippen molar-refractivity contribution in [2.24, 2.45) is 0 Å². The molecule has 2 heterocycles. The number of nitrogens with one attached hydrogen (secondary N) is 1. The number of carbonyl (C=O) groups excluding carboxylic acids is 1. The van der Waals surface area contributed by atoms with Crippen molar-refractivity contribution in [3.8, 4) is 16.3 Å². The van der Waals surface area contributed by atoms with E-state index in [4.69, 9.17) is 9.72 Å². The van der Waals surface area contributed by atoms with Gasteiger partial charge in [-0.05, 0) is 26.0 Å². The molecule has 0 atom stereocenters. The number of carbonyl (C=O) groups is 1. The fourth-order valence-corrected chi connectivity index (χ4v) is 4.42. The van der Waals surface area contributed by atoms with E-state index in [-0.39, 0.29) is 5.91 Å². The minimum Gasteiger partial charge on any atom is -0.495 e. The van der Waals surface area contributed by atoms with Gasteiger partial charge in [-0.25, -0.2) is 9.97 Å². The molecule has 0 aliphatic carbocycles. The number of aromatic nitrogens is 2. The molecule has 0 fully saturated rings. The number of rotatable bonds is 5. The van der Waals surface area contributed by atoms with Crippen LogP contribution in [-0.4, -0.2) is 30.0 Å². The quantitative estimate of drug-likeness (QED) is 0.691. The molecule has 0 bridgehead atoms. The zero-order chi connectivity index (χ0) is 18.8. The SMILES string of the molecule is COc1ccccc1Nc1nc(-c2sc(N(C)C(C)=O)nc2C)c(C)s1. The second-order valence-corrected chi connectivity index (χ2v) is 7.92. The van der Waals surface area contributed by atoms with Crippen LogP contribution in [0.25, 0.3) is 10.6 Å². The molecule has 1 amide bonds. The second-order valence-electron chi connectivity index (χ2n) is 5.74. The highest BCUT2D eigenvalue weighted by molar-refractivity contribution is 7.20. The molecule has 136 valence electrons. The number of aryl methyl sites for hydroxylation is 2. The Morgan fingerprint density at radius 1 is 1.19 bits per heavy atom. The lowest BCUT2D eigenvalue weighted by atomic mass is 10.3. The van der Waals surface area contributed by atoms with Crippen molar-refractivity contribution >= 4 is 44.5 Å². The Kier molecular flexibility index (Phi) is 5.24. The minimum atomic E-state index is -0.0428. The van der Waals surface area contributed by atoms with Crippen LogP contribution in [0.15, 0.2) is 24.3 Å². The van der Waals surface area contributed by atoms with Crippen LogP contribution in [0.2, 0.25) is 0 Å². The number of anilines is 3. The third-order valence-electron chi connectivity index (χ3n) is 3.90. The Morgan fingerprint density at radius 2 is 1.92 bits per heavy atom. The summed E-state index contributed by atoms with van der Waals surface area (Å²) in [6.07, 6.45) is 0. The number of amides is 1. The van der Waals surface area contributed by atoms with Gasteiger partial charge in [-0.3, -0.25) is 9.69 Å². The Bertz CT molecular complexity index is 949. The van der Waals surface area contributed by atoms with Gasteiger partial charge >= 0.3 is 0 Å². The van der Waals surface area contributed by atoms with Gasteiger partial charge in [-0.2, -0.15) is 0 Å². The molecule has 0 saturated carbocycles. The summed E-state index contributed by atoms with van der Waals surface area (Å²) >= 11 is 3.05. The van der Waals surface area contributed by atoms with Crippen LogP contribution in [0.5, 0.6) is 5.75 Å². The predicted octanol–water partition coefficient (Wildman–Crippen LogP) is 4.62. The molecule has 8 heteroatoms. The number of hydrogen-bond donors (Lipinski definition) is 1. The van der Waals surface area contributed by atoms with E-state index in [1.165, 1.54) is 18.3 Å². The second kappa shape index (κ2) is 7.43. The molecule has 0 aliphatic rings. The molecule has 6 nitrogen and oxygen atoms in total. The molecule has 2 aromatic heterocycles.